The van der Waals surface area contributed by atoms with Crippen LogP contribution in [-0.2, 0) is 9.59 Å². The Balaban J connectivity index is 1.50. The molecule has 1 saturated heterocycles. The first-order valence-corrected chi connectivity index (χ1v) is 12.0. The van der Waals surface area contributed by atoms with Gasteiger partial charge in [-0.2, -0.15) is 0 Å². The lowest BCUT2D eigenvalue weighted by Crippen LogP contribution is -2.56. The van der Waals surface area contributed by atoms with Crippen molar-refractivity contribution in [3.8, 4) is 0 Å². The summed E-state index contributed by atoms with van der Waals surface area (Å²) >= 11 is 0. The maximum absolute atomic E-state index is 13.0. The van der Waals surface area contributed by atoms with Crippen molar-refractivity contribution in [1.29, 1.82) is 0 Å². The largest absolute Gasteiger partial charge is 0.348 e. The summed E-state index contributed by atoms with van der Waals surface area (Å²) in [4.78, 5) is 23.1. The molecule has 0 bridgehead atoms. The molecule has 5 nitrogen and oxygen atoms in total. The number of carbonyl (C=O) groups excluding carboxylic acids is 2. The minimum Gasteiger partial charge on any atom is -0.348 e. The highest BCUT2D eigenvalue weighted by atomic mass is 32.5. The summed E-state index contributed by atoms with van der Waals surface area (Å²) in [6.45, 7) is 0. The molecule has 11 heteroatoms. The number of amides is 2. The third-order valence-corrected chi connectivity index (χ3v) is 6.75. The van der Waals surface area contributed by atoms with Gasteiger partial charge in [-0.1, -0.05) is 61.9 Å². The second kappa shape index (κ2) is 7.17. The minimum atomic E-state index is -9.76. The van der Waals surface area contributed by atoms with E-state index in [2.05, 4.69) is 16.0 Å². The van der Waals surface area contributed by atoms with Gasteiger partial charge in [0.25, 0.3) is 0 Å². The van der Waals surface area contributed by atoms with E-state index in [0.29, 0.717) is 17.7 Å². The molecule has 2 unspecified atom stereocenters. The molecule has 1 heterocycles. The fraction of sp³-hybridized carbons (Fsp3) is 0.333. The highest BCUT2D eigenvalue weighted by molar-refractivity contribution is 8.45. The van der Waals surface area contributed by atoms with E-state index in [1.807, 2.05) is 6.07 Å². The lowest BCUT2D eigenvalue weighted by molar-refractivity contribution is -0.132. The molecule has 1 aliphatic heterocycles. The number of rotatable bonds is 6. The fourth-order valence-corrected chi connectivity index (χ4v) is 4.44. The van der Waals surface area contributed by atoms with Crippen molar-refractivity contribution in [1.82, 2.24) is 16.0 Å². The standard InChI is InChI=1S/C21H22F5N3O2S/c22-32(23,24,25,26)16-10-8-14(9-11-16)19(13-6-7-13)29-21(31)17-12-18(30)28-20(27-17)15-4-2-1-3-5-15/h1-5,8-11,13,17,19-20,27H,6-7,12H2,(H,28,30)(H,29,31)/t17?,19-,20?/m1/s1. The molecule has 3 N–H and O–H groups in total. The molecule has 32 heavy (non-hydrogen) atoms. The number of hydrogen-bond acceptors (Lipinski definition) is 3. The lowest BCUT2D eigenvalue weighted by atomic mass is 10.0. The van der Waals surface area contributed by atoms with Crippen LogP contribution >= 0.6 is 10.2 Å². The van der Waals surface area contributed by atoms with Crippen molar-refractivity contribution in [2.75, 3.05) is 0 Å². The molecule has 2 aromatic rings. The van der Waals surface area contributed by atoms with Crippen molar-refractivity contribution < 1.29 is 29.0 Å². The third kappa shape index (κ3) is 5.21. The Morgan fingerprint density at radius 2 is 1.59 bits per heavy atom. The Morgan fingerprint density at radius 1 is 0.969 bits per heavy atom. The van der Waals surface area contributed by atoms with Gasteiger partial charge in [0.1, 0.15) is 11.1 Å². The molecule has 0 radical (unpaired) electrons. The summed E-state index contributed by atoms with van der Waals surface area (Å²) in [5, 5.41) is 8.62. The molecule has 1 aliphatic carbocycles. The SMILES string of the molecule is O=C1CC(C(=O)N[C@@H](c2ccc(S(F)(F)(F)(F)F)cc2)C2CC2)NC(c2ccccc2)N1. The minimum absolute atomic E-state index is 0.00731. The number of hydrogen-bond donors (Lipinski definition) is 3. The maximum Gasteiger partial charge on any atom is 0.310 e. The first kappa shape index (κ1) is 22.5. The second-order valence-electron chi connectivity index (χ2n) is 8.20. The number of nitrogens with one attached hydrogen (secondary N) is 3. The monoisotopic (exact) mass is 475 g/mol. The maximum atomic E-state index is 13.0. The Kier molecular flexibility index (Phi) is 5.05. The van der Waals surface area contributed by atoms with Crippen LogP contribution in [0.2, 0.25) is 0 Å². The zero-order valence-corrected chi connectivity index (χ0v) is 17.6. The molecule has 0 aromatic heterocycles. The van der Waals surface area contributed by atoms with Crippen LogP contribution in [0, 0.1) is 5.92 Å². The van der Waals surface area contributed by atoms with Gasteiger partial charge in [0.2, 0.25) is 11.8 Å². The summed E-state index contributed by atoms with van der Waals surface area (Å²) in [6, 6.07) is 10.2. The van der Waals surface area contributed by atoms with Crippen LogP contribution in [0.15, 0.2) is 59.5 Å². The van der Waals surface area contributed by atoms with Gasteiger partial charge in [0.15, 0.2) is 0 Å². The van der Waals surface area contributed by atoms with Crippen LogP contribution in [0.25, 0.3) is 0 Å². The highest BCUT2D eigenvalue weighted by Gasteiger charge is 2.65. The molecule has 0 spiro atoms. The van der Waals surface area contributed by atoms with Crippen LogP contribution in [-0.4, -0.2) is 17.9 Å². The summed E-state index contributed by atoms with van der Waals surface area (Å²) in [5.74, 6) is -0.803. The van der Waals surface area contributed by atoms with Crippen LogP contribution in [0.4, 0.5) is 19.4 Å². The Hall–Kier alpha value is -2.66. The highest BCUT2D eigenvalue weighted by Crippen LogP contribution is 3.02. The van der Waals surface area contributed by atoms with Crippen molar-refractivity contribution in [3.05, 3.63) is 65.7 Å². The van der Waals surface area contributed by atoms with E-state index in [9.17, 15) is 29.0 Å². The molecule has 2 amide bonds. The third-order valence-electron chi connectivity index (χ3n) is 5.59. The molecule has 2 fully saturated rings. The van der Waals surface area contributed by atoms with Gasteiger partial charge < -0.3 is 10.6 Å². The predicted octanol–water partition coefficient (Wildman–Crippen LogP) is 5.09. The Labute approximate surface area is 181 Å². The van der Waals surface area contributed by atoms with E-state index < -0.39 is 39.3 Å². The molecule has 4 rings (SSSR count). The average Bonchev–Trinajstić information content (AvgIpc) is 3.56. The average molecular weight is 475 g/mol. The van der Waals surface area contributed by atoms with Crippen molar-refractivity contribution >= 4 is 22.0 Å². The number of carbonyl (C=O) groups is 2. The van der Waals surface area contributed by atoms with Gasteiger partial charge >= 0.3 is 10.2 Å². The molecule has 2 aliphatic rings. The summed E-state index contributed by atoms with van der Waals surface area (Å²) in [7, 11) is -9.76. The zero-order chi connectivity index (χ0) is 23.2. The summed E-state index contributed by atoms with van der Waals surface area (Å²) in [6.07, 6.45) is 0.832. The molecule has 174 valence electrons. The fourth-order valence-electron chi connectivity index (χ4n) is 3.79. The van der Waals surface area contributed by atoms with Gasteiger partial charge in [-0.15, -0.1) is 0 Å². The van der Waals surface area contributed by atoms with Crippen LogP contribution in [0.3, 0.4) is 0 Å². The van der Waals surface area contributed by atoms with Gasteiger partial charge in [-0.3, -0.25) is 14.9 Å². The lowest BCUT2D eigenvalue weighted by Gasteiger charge is -2.40. The van der Waals surface area contributed by atoms with E-state index >= 15 is 0 Å². The van der Waals surface area contributed by atoms with Crippen molar-refractivity contribution in [2.24, 2.45) is 5.92 Å². The van der Waals surface area contributed by atoms with Crippen molar-refractivity contribution in [2.45, 2.75) is 42.4 Å². The number of halogens is 5. The van der Waals surface area contributed by atoms with Gasteiger partial charge in [-0.25, -0.2) is 0 Å². The Bertz CT molecular complexity index is 1030. The second-order valence-corrected chi connectivity index (χ2v) is 10.6. The molecular weight excluding hydrogens is 453 g/mol. The topological polar surface area (TPSA) is 70.2 Å². The van der Waals surface area contributed by atoms with E-state index in [0.717, 1.165) is 30.5 Å². The first-order valence-electron chi connectivity index (χ1n) is 10.0. The van der Waals surface area contributed by atoms with Crippen LogP contribution in [0.5, 0.6) is 0 Å². The van der Waals surface area contributed by atoms with Gasteiger partial charge in [-0.05, 0) is 42.0 Å². The first-order chi connectivity index (χ1) is 14.8. The van der Waals surface area contributed by atoms with Crippen LogP contribution in [0.1, 0.15) is 42.6 Å². The van der Waals surface area contributed by atoms with Gasteiger partial charge in [0.05, 0.1) is 18.5 Å². The summed E-state index contributed by atoms with van der Waals surface area (Å²) < 4.78 is 65.0. The molecule has 1 saturated carbocycles. The predicted molar refractivity (Wildman–Crippen MR) is 110 cm³/mol. The van der Waals surface area contributed by atoms with E-state index in [1.54, 1.807) is 24.3 Å². The molecule has 3 atom stereocenters. The van der Waals surface area contributed by atoms with Gasteiger partial charge in [0, 0.05) is 0 Å². The Morgan fingerprint density at radius 3 is 2.16 bits per heavy atom. The smallest absolute Gasteiger partial charge is 0.310 e. The van der Waals surface area contributed by atoms with Crippen molar-refractivity contribution in [3.63, 3.8) is 0 Å². The van der Waals surface area contributed by atoms with Crippen LogP contribution < -0.4 is 16.0 Å². The normalized spacial score (nSPS) is 24.6. The zero-order valence-electron chi connectivity index (χ0n) is 16.7. The van der Waals surface area contributed by atoms with E-state index in [1.165, 1.54) is 0 Å². The van der Waals surface area contributed by atoms with E-state index in [4.69, 9.17) is 0 Å². The molecule has 2 aromatic carbocycles. The molecular formula is C21H22F5N3O2S. The summed E-state index contributed by atoms with van der Waals surface area (Å²) in [5.41, 5.74) is 1.08. The number of benzene rings is 2. The quantitative estimate of drug-likeness (QED) is 0.510. The van der Waals surface area contributed by atoms with E-state index in [-0.39, 0.29) is 18.2 Å².